The molecule has 0 bridgehead atoms. The van der Waals surface area contributed by atoms with Gasteiger partial charge >= 0.3 is 0 Å². The Morgan fingerprint density at radius 1 is 1.56 bits per heavy atom. The third-order valence-corrected chi connectivity index (χ3v) is 2.25. The molecule has 0 spiro atoms. The molecule has 0 fully saturated rings. The van der Waals surface area contributed by atoms with E-state index in [9.17, 15) is 0 Å². The molecule has 3 heteroatoms. The summed E-state index contributed by atoms with van der Waals surface area (Å²) in [5.41, 5.74) is 1.76. The number of nitrogens with one attached hydrogen (secondary N) is 1. The van der Waals surface area contributed by atoms with Crippen molar-refractivity contribution in [3.8, 4) is 6.07 Å². The predicted octanol–water partition coefficient (Wildman–Crippen LogP) is 4.19. The van der Waals surface area contributed by atoms with Gasteiger partial charge < -0.3 is 3.53 Å². The maximum Gasteiger partial charge on any atom is 0.0988 e. The first-order valence-electron chi connectivity index (χ1n) is 5.22. The molecule has 0 aromatic rings. The number of nitriles is 1. The van der Waals surface area contributed by atoms with E-state index in [2.05, 4.69) is 58.1 Å². The molecule has 0 aliphatic heterocycles. The lowest BCUT2D eigenvalue weighted by atomic mass is 10.1. The maximum atomic E-state index is 8.74. The van der Waals surface area contributed by atoms with E-state index in [-0.39, 0.29) is 0 Å². The second-order valence-electron chi connectivity index (χ2n) is 3.20. The number of allylic oxidation sites excluding steroid dienone is 6. The molecule has 0 heterocycles. The minimum atomic E-state index is 0.614. The van der Waals surface area contributed by atoms with Crippen LogP contribution in [0.15, 0.2) is 48.2 Å². The summed E-state index contributed by atoms with van der Waals surface area (Å²) in [6.45, 7) is 5.73. The van der Waals surface area contributed by atoms with E-state index < -0.39 is 0 Å². The number of nitrogens with zero attached hydrogens (tertiary/aromatic N) is 1. The van der Waals surface area contributed by atoms with E-state index in [4.69, 9.17) is 5.26 Å². The van der Waals surface area contributed by atoms with Crippen LogP contribution in [-0.4, -0.2) is 0 Å². The molecular weight excluding hydrogens is 311 g/mol. The third-order valence-electron chi connectivity index (χ3n) is 1.93. The van der Waals surface area contributed by atoms with Gasteiger partial charge in [0.05, 0.1) is 28.9 Å². The van der Waals surface area contributed by atoms with Crippen LogP contribution in [-0.2, 0) is 0 Å². The van der Waals surface area contributed by atoms with Gasteiger partial charge in [0.2, 0.25) is 0 Å². The lowest BCUT2D eigenvalue weighted by Gasteiger charge is -1.98. The van der Waals surface area contributed by atoms with E-state index in [0.29, 0.717) is 5.57 Å². The second kappa shape index (κ2) is 10.5. The van der Waals surface area contributed by atoms with Gasteiger partial charge in [0.25, 0.3) is 0 Å². The highest BCUT2D eigenvalue weighted by atomic mass is 127. The second-order valence-corrected chi connectivity index (χ2v) is 3.82. The molecule has 0 unspecified atom stereocenters. The summed E-state index contributed by atoms with van der Waals surface area (Å²) in [6.07, 6.45) is 12.6. The topological polar surface area (TPSA) is 35.8 Å². The first-order chi connectivity index (χ1) is 7.78. The van der Waals surface area contributed by atoms with Crippen LogP contribution in [0.4, 0.5) is 0 Å². The fraction of sp³-hybridized carbons (Fsp3) is 0.308. The van der Waals surface area contributed by atoms with Crippen LogP contribution in [0.5, 0.6) is 0 Å². The Labute approximate surface area is 112 Å². The predicted molar refractivity (Wildman–Crippen MR) is 77.8 cm³/mol. The van der Waals surface area contributed by atoms with E-state index >= 15 is 0 Å². The first kappa shape index (κ1) is 15.0. The Balaban J connectivity index is 4.47. The highest BCUT2D eigenvalue weighted by molar-refractivity contribution is 14.1. The number of halogens is 1. The summed E-state index contributed by atoms with van der Waals surface area (Å²) in [4.78, 5) is 0. The monoisotopic (exact) mass is 328 g/mol. The van der Waals surface area contributed by atoms with Gasteiger partial charge in [-0.2, -0.15) is 5.26 Å². The van der Waals surface area contributed by atoms with E-state index in [1.54, 1.807) is 6.08 Å². The highest BCUT2D eigenvalue weighted by Crippen LogP contribution is 2.08. The SMILES string of the molecule is C=C/C(C#N)=C\CC(/C=C/CCC)=C\NI. The van der Waals surface area contributed by atoms with Gasteiger partial charge in [-0.05, 0) is 18.4 Å². The molecule has 0 aromatic heterocycles. The summed E-state index contributed by atoms with van der Waals surface area (Å²) in [7, 11) is 0. The molecule has 0 atom stereocenters. The van der Waals surface area contributed by atoms with Crippen LogP contribution in [0.3, 0.4) is 0 Å². The van der Waals surface area contributed by atoms with Gasteiger partial charge in [-0.3, -0.25) is 0 Å². The molecular formula is C13H17IN2. The quantitative estimate of drug-likeness (QED) is 0.329. The average molecular weight is 328 g/mol. The first-order valence-corrected chi connectivity index (χ1v) is 6.30. The summed E-state index contributed by atoms with van der Waals surface area (Å²) < 4.78 is 2.97. The van der Waals surface area contributed by atoms with Gasteiger partial charge in [-0.1, -0.05) is 44.2 Å². The molecule has 0 aromatic carbocycles. The van der Waals surface area contributed by atoms with E-state index in [1.165, 1.54) is 0 Å². The molecule has 0 aliphatic carbocycles. The fourth-order valence-corrected chi connectivity index (χ4v) is 1.45. The third kappa shape index (κ3) is 7.30. The Bertz CT molecular complexity index is 332. The van der Waals surface area contributed by atoms with Crippen molar-refractivity contribution < 1.29 is 0 Å². The zero-order valence-corrected chi connectivity index (χ0v) is 11.7. The summed E-state index contributed by atoms with van der Waals surface area (Å²) in [6, 6.07) is 2.09. The zero-order chi connectivity index (χ0) is 12.2. The fourth-order valence-electron chi connectivity index (χ4n) is 1.05. The van der Waals surface area contributed by atoms with Crippen LogP contribution < -0.4 is 3.53 Å². The molecule has 0 saturated carbocycles. The van der Waals surface area contributed by atoms with Gasteiger partial charge in [0.15, 0.2) is 0 Å². The molecule has 0 saturated heterocycles. The molecule has 2 nitrogen and oxygen atoms in total. The van der Waals surface area contributed by atoms with Gasteiger partial charge in [0.1, 0.15) is 0 Å². The molecule has 0 radical (unpaired) electrons. The number of hydrogen-bond donors (Lipinski definition) is 1. The van der Waals surface area contributed by atoms with Crippen LogP contribution >= 0.6 is 22.9 Å². The highest BCUT2D eigenvalue weighted by Gasteiger charge is 1.92. The van der Waals surface area contributed by atoms with Crippen molar-refractivity contribution >= 4 is 22.9 Å². The normalized spacial score (nSPS) is 12.6. The summed E-state index contributed by atoms with van der Waals surface area (Å²) in [5.74, 6) is 0. The van der Waals surface area contributed by atoms with Gasteiger partial charge in [-0.25, -0.2) is 0 Å². The molecule has 86 valence electrons. The number of unbranched alkanes of at least 4 members (excludes halogenated alkanes) is 1. The minimum Gasteiger partial charge on any atom is -0.335 e. The standard InChI is InChI=1S/C13H17IN2/c1-3-5-6-7-13(11-16-14)9-8-12(4-2)10-15/h4,6-8,11,16H,2-3,5,9H2,1H3/b7-6+,12-8+,13-11-. The van der Waals surface area contributed by atoms with Crippen molar-refractivity contribution in [3.05, 3.63) is 48.2 Å². The van der Waals surface area contributed by atoms with Gasteiger partial charge in [-0.15, -0.1) is 0 Å². The molecule has 0 amide bonds. The minimum absolute atomic E-state index is 0.614. The Kier molecular flexibility index (Phi) is 9.83. The van der Waals surface area contributed by atoms with Crippen molar-refractivity contribution in [2.24, 2.45) is 0 Å². The van der Waals surface area contributed by atoms with E-state index in [1.807, 2.05) is 12.3 Å². The van der Waals surface area contributed by atoms with Crippen LogP contribution in [0.2, 0.25) is 0 Å². The molecule has 0 aliphatic rings. The van der Waals surface area contributed by atoms with E-state index in [0.717, 1.165) is 24.8 Å². The Hall–Kier alpha value is -1.02. The lowest BCUT2D eigenvalue weighted by molar-refractivity contribution is 0.956. The van der Waals surface area contributed by atoms with Crippen LogP contribution in [0.25, 0.3) is 0 Å². The Morgan fingerprint density at radius 2 is 2.31 bits per heavy atom. The van der Waals surface area contributed by atoms with Crippen molar-refractivity contribution in [1.29, 1.82) is 5.26 Å². The van der Waals surface area contributed by atoms with Crippen molar-refractivity contribution in [2.75, 3.05) is 0 Å². The lowest BCUT2D eigenvalue weighted by Crippen LogP contribution is -1.87. The van der Waals surface area contributed by atoms with Gasteiger partial charge in [0, 0.05) is 11.8 Å². The van der Waals surface area contributed by atoms with Crippen LogP contribution in [0.1, 0.15) is 26.2 Å². The zero-order valence-electron chi connectivity index (χ0n) is 9.54. The molecule has 16 heavy (non-hydrogen) atoms. The smallest absolute Gasteiger partial charge is 0.0988 e. The molecule has 0 rings (SSSR count). The summed E-state index contributed by atoms with van der Waals surface area (Å²) in [5, 5.41) is 8.74. The maximum absolute atomic E-state index is 8.74. The number of hydrogen-bond acceptors (Lipinski definition) is 2. The van der Waals surface area contributed by atoms with Crippen molar-refractivity contribution in [1.82, 2.24) is 3.53 Å². The Morgan fingerprint density at radius 3 is 2.81 bits per heavy atom. The summed E-state index contributed by atoms with van der Waals surface area (Å²) >= 11 is 2.07. The average Bonchev–Trinajstić information content (AvgIpc) is 2.30. The molecule has 1 N–H and O–H groups in total. The van der Waals surface area contributed by atoms with Crippen LogP contribution in [0, 0.1) is 11.3 Å². The van der Waals surface area contributed by atoms with Crippen molar-refractivity contribution in [3.63, 3.8) is 0 Å². The largest absolute Gasteiger partial charge is 0.335 e. The van der Waals surface area contributed by atoms with Crippen molar-refractivity contribution in [2.45, 2.75) is 26.2 Å². The number of rotatable bonds is 7.